The Morgan fingerprint density at radius 1 is 1.03 bits per heavy atom. The summed E-state index contributed by atoms with van der Waals surface area (Å²) in [5.41, 5.74) is 4.01. The predicted octanol–water partition coefficient (Wildman–Crippen LogP) is 3.72. The van der Waals surface area contributed by atoms with Crippen molar-refractivity contribution in [1.82, 2.24) is 20.1 Å². The quantitative estimate of drug-likeness (QED) is 0.415. The minimum Gasteiger partial charge on any atom is -0.491 e. The number of carbonyl (C=O) groups is 1. The molecule has 1 unspecified atom stereocenters. The number of aliphatic hydroxyl groups is 1. The van der Waals surface area contributed by atoms with Crippen LogP contribution in [0.15, 0.2) is 83.9 Å². The van der Waals surface area contributed by atoms with Crippen LogP contribution in [0, 0.1) is 6.92 Å². The molecule has 1 amide bonds. The van der Waals surface area contributed by atoms with E-state index in [-0.39, 0.29) is 19.8 Å². The van der Waals surface area contributed by atoms with Crippen LogP contribution in [0.2, 0.25) is 0 Å². The fraction of sp³-hybridized carbons (Fsp3) is 0.185. The lowest BCUT2D eigenvalue weighted by Crippen LogP contribution is -2.30. The van der Waals surface area contributed by atoms with Gasteiger partial charge < -0.3 is 14.6 Å². The van der Waals surface area contributed by atoms with Crippen molar-refractivity contribution in [2.45, 2.75) is 19.7 Å². The van der Waals surface area contributed by atoms with Gasteiger partial charge >= 0.3 is 6.09 Å². The zero-order valence-corrected chi connectivity index (χ0v) is 19.7. The molecule has 182 valence electrons. The number of nitrogens with one attached hydrogen (secondary N) is 1. The minimum atomic E-state index is -0.848. The molecule has 2 heterocycles. The van der Waals surface area contributed by atoms with Crippen molar-refractivity contribution in [2.75, 3.05) is 13.2 Å². The number of benzene rings is 3. The van der Waals surface area contributed by atoms with Gasteiger partial charge in [0.25, 0.3) is 0 Å². The predicted molar refractivity (Wildman–Crippen MR) is 133 cm³/mol. The summed E-state index contributed by atoms with van der Waals surface area (Å²) in [4.78, 5) is 17.7. The second-order valence-corrected chi connectivity index (χ2v) is 8.14. The number of amides is 1. The largest absolute Gasteiger partial charge is 0.491 e. The summed E-state index contributed by atoms with van der Waals surface area (Å²) in [6, 6.07) is 24.8. The number of rotatable bonds is 7. The molecule has 1 atom stereocenters. The molecule has 9 heteroatoms. The summed E-state index contributed by atoms with van der Waals surface area (Å²) < 4.78 is 13.0. The number of hydrogen-bond donors (Lipinski definition) is 2. The number of aliphatic imine (C=N–C) groups is 1. The van der Waals surface area contributed by atoms with E-state index in [2.05, 4.69) is 15.5 Å². The summed E-state index contributed by atoms with van der Waals surface area (Å²) >= 11 is 0. The van der Waals surface area contributed by atoms with Crippen LogP contribution in [0.1, 0.15) is 34.5 Å². The van der Waals surface area contributed by atoms with Gasteiger partial charge in [0.05, 0.1) is 18.0 Å². The van der Waals surface area contributed by atoms with E-state index < -0.39 is 12.3 Å². The Hall–Kier alpha value is -4.50. The molecule has 0 radical (unpaired) electrons. The molecule has 4 aromatic rings. The summed E-state index contributed by atoms with van der Waals surface area (Å²) in [7, 11) is 0. The number of aromatic nitrogens is 3. The first-order valence-corrected chi connectivity index (χ1v) is 11.5. The highest BCUT2D eigenvalue weighted by molar-refractivity contribution is 6.15. The van der Waals surface area contributed by atoms with E-state index >= 15 is 0 Å². The number of aryl methyl sites for hydroxylation is 1. The van der Waals surface area contributed by atoms with Gasteiger partial charge in [-0.3, -0.25) is 14.9 Å². The van der Waals surface area contributed by atoms with Gasteiger partial charge in [0.15, 0.2) is 12.0 Å². The first-order chi connectivity index (χ1) is 17.6. The van der Waals surface area contributed by atoms with Crippen molar-refractivity contribution in [3.63, 3.8) is 0 Å². The van der Waals surface area contributed by atoms with E-state index in [1.54, 1.807) is 0 Å². The Bertz CT molecular complexity index is 1390. The highest BCUT2D eigenvalue weighted by atomic mass is 16.5. The standard InChI is InChI=1S/C27H25N5O4/c1-18-30-31-26-25(29-27(34)36-17-19-8-4-2-5-9-19)28-24(20-10-6-3-7-11-20)22-13-12-21(35-15-14-33)16-23(22)32(18)26/h2-13,16,25,33H,14-15,17H2,1H3,(H,29,34). The maximum absolute atomic E-state index is 12.8. The molecular formula is C27H25N5O4. The van der Waals surface area contributed by atoms with Gasteiger partial charge in [0, 0.05) is 17.2 Å². The van der Waals surface area contributed by atoms with E-state index in [9.17, 15) is 9.90 Å². The van der Waals surface area contributed by atoms with Gasteiger partial charge in [-0.1, -0.05) is 60.7 Å². The molecule has 36 heavy (non-hydrogen) atoms. The zero-order chi connectivity index (χ0) is 24.9. The molecule has 1 aliphatic heterocycles. The van der Waals surface area contributed by atoms with Crippen LogP contribution in [0.25, 0.3) is 5.69 Å². The van der Waals surface area contributed by atoms with Gasteiger partial charge in [-0.2, -0.15) is 0 Å². The molecule has 0 saturated heterocycles. The number of nitrogens with zero attached hydrogens (tertiary/aromatic N) is 4. The SMILES string of the molecule is Cc1nnc2n1-c1cc(OCCO)ccc1C(c1ccccc1)=NC2NC(=O)OCc1ccccc1. The lowest BCUT2D eigenvalue weighted by Gasteiger charge is -2.15. The normalized spacial score (nSPS) is 14.2. The Morgan fingerprint density at radius 2 is 1.78 bits per heavy atom. The van der Waals surface area contributed by atoms with Crippen molar-refractivity contribution in [3.05, 3.63) is 107 Å². The Balaban J connectivity index is 1.55. The molecule has 9 nitrogen and oxygen atoms in total. The Morgan fingerprint density at radius 3 is 2.53 bits per heavy atom. The van der Waals surface area contributed by atoms with Crippen molar-refractivity contribution in [3.8, 4) is 11.4 Å². The van der Waals surface area contributed by atoms with Crippen molar-refractivity contribution in [1.29, 1.82) is 0 Å². The lowest BCUT2D eigenvalue weighted by atomic mass is 10.00. The summed E-state index contributed by atoms with van der Waals surface area (Å²) in [5.74, 6) is 1.65. The third-order valence-electron chi connectivity index (χ3n) is 5.69. The fourth-order valence-electron chi connectivity index (χ4n) is 4.06. The third kappa shape index (κ3) is 4.82. The molecule has 3 aromatic carbocycles. The second-order valence-electron chi connectivity index (χ2n) is 8.14. The van der Waals surface area contributed by atoms with E-state index in [0.717, 1.165) is 22.4 Å². The molecule has 0 aliphatic carbocycles. The fourth-order valence-corrected chi connectivity index (χ4v) is 4.06. The van der Waals surface area contributed by atoms with E-state index in [1.807, 2.05) is 90.4 Å². The monoisotopic (exact) mass is 483 g/mol. The van der Waals surface area contributed by atoms with E-state index in [1.165, 1.54) is 0 Å². The lowest BCUT2D eigenvalue weighted by molar-refractivity contribution is 0.135. The van der Waals surface area contributed by atoms with E-state index in [4.69, 9.17) is 14.5 Å². The number of carbonyl (C=O) groups excluding carboxylic acids is 1. The first kappa shape index (κ1) is 23.3. The molecule has 0 saturated carbocycles. The highest BCUT2D eigenvalue weighted by Gasteiger charge is 2.30. The zero-order valence-electron chi connectivity index (χ0n) is 19.7. The average Bonchev–Trinajstić information content (AvgIpc) is 3.24. The van der Waals surface area contributed by atoms with Crippen molar-refractivity contribution >= 4 is 11.8 Å². The number of ether oxygens (including phenoxy) is 2. The van der Waals surface area contributed by atoms with Crippen LogP contribution in [-0.4, -0.2) is 44.9 Å². The molecule has 0 spiro atoms. The summed E-state index contributed by atoms with van der Waals surface area (Å²) in [6.45, 7) is 2.04. The van der Waals surface area contributed by atoms with Crippen LogP contribution in [0.5, 0.6) is 5.75 Å². The molecule has 2 N–H and O–H groups in total. The highest BCUT2D eigenvalue weighted by Crippen LogP contribution is 2.32. The van der Waals surface area contributed by atoms with Gasteiger partial charge in [0.2, 0.25) is 0 Å². The molecule has 5 rings (SSSR count). The second kappa shape index (κ2) is 10.4. The van der Waals surface area contributed by atoms with Crippen LogP contribution in [-0.2, 0) is 11.3 Å². The Labute approximate surface area is 208 Å². The molecule has 1 aromatic heterocycles. The summed E-state index contributed by atoms with van der Waals surface area (Å²) in [5, 5.41) is 20.6. The van der Waals surface area contributed by atoms with Gasteiger partial charge in [-0.05, 0) is 24.6 Å². The van der Waals surface area contributed by atoms with Gasteiger partial charge in [0.1, 0.15) is 24.8 Å². The minimum absolute atomic E-state index is 0.0954. The molecule has 1 aliphatic rings. The van der Waals surface area contributed by atoms with Gasteiger partial charge in [-0.25, -0.2) is 4.79 Å². The smallest absolute Gasteiger partial charge is 0.409 e. The maximum atomic E-state index is 12.8. The number of hydrogen-bond acceptors (Lipinski definition) is 7. The number of aliphatic hydroxyl groups excluding tert-OH is 1. The van der Waals surface area contributed by atoms with Crippen molar-refractivity contribution < 1.29 is 19.4 Å². The molecule has 0 fully saturated rings. The molecular weight excluding hydrogens is 458 g/mol. The van der Waals surface area contributed by atoms with Crippen LogP contribution >= 0.6 is 0 Å². The molecule has 0 bridgehead atoms. The third-order valence-corrected chi connectivity index (χ3v) is 5.69. The number of alkyl carbamates (subject to hydrolysis) is 1. The average molecular weight is 484 g/mol. The number of fused-ring (bicyclic) bond motifs is 3. The topological polar surface area (TPSA) is 111 Å². The van der Waals surface area contributed by atoms with Crippen LogP contribution < -0.4 is 10.1 Å². The van der Waals surface area contributed by atoms with Crippen LogP contribution in [0.4, 0.5) is 4.79 Å². The van der Waals surface area contributed by atoms with Crippen LogP contribution in [0.3, 0.4) is 0 Å². The first-order valence-electron chi connectivity index (χ1n) is 11.5. The van der Waals surface area contributed by atoms with E-state index in [0.29, 0.717) is 23.1 Å². The Kier molecular flexibility index (Phi) is 6.72. The summed E-state index contributed by atoms with van der Waals surface area (Å²) in [6.07, 6.45) is -1.47. The van der Waals surface area contributed by atoms with Crippen molar-refractivity contribution in [2.24, 2.45) is 4.99 Å². The maximum Gasteiger partial charge on any atom is 0.409 e. The van der Waals surface area contributed by atoms with Gasteiger partial charge in [-0.15, -0.1) is 10.2 Å².